The van der Waals surface area contributed by atoms with Gasteiger partial charge >= 0.3 is 0 Å². The Labute approximate surface area is 151 Å². The third-order valence-corrected chi connectivity index (χ3v) is 5.95. The van der Waals surface area contributed by atoms with Crippen LogP contribution in [0.4, 0.5) is 8.78 Å². The minimum atomic E-state index is -3.52. The molecule has 9 heteroatoms. The second-order valence-electron chi connectivity index (χ2n) is 5.27. The molecular weight excluding hydrogens is 418 g/mol. The summed E-state index contributed by atoms with van der Waals surface area (Å²) < 4.78 is 58.3. The van der Waals surface area contributed by atoms with E-state index in [9.17, 15) is 17.2 Å². The lowest BCUT2D eigenvalue weighted by molar-refractivity contribution is 0.436. The second-order valence-corrected chi connectivity index (χ2v) is 8.23. The van der Waals surface area contributed by atoms with Gasteiger partial charge in [0.05, 0.1) is 21.3 Å². The Balaban J connectivity index is 2.12. The molecule has 0 bridgehead atoms. The number of rotatable bonds is 4. The topological polar surface area (TPSA) is 61.2 Å². The van der Waals surface area contributed by atoms with Gasteiger partial charge in [-0.25, -0.2) is 26.2 Å². The molecule has 0 aliphatic rings. The van der Waals surface area contributed by atoms with Crippen LogP contribution in [0.15, 0.2) is 34.8 Å². The molecule has 25 heavy (non-hydrogen) atoms. The second kappa shape index (κ2) is 6.38. The predicted molar refractivity (Wildman–Crippen MR) is 93.5 cm³/mol. The van der Waals surface area contributed by atoms with Gasteiger partial charge < -0.3 is 4.74 Å². The fourth-order valence-electron chi connectivity index (χ4n) is 2.41. The Morgan fingerprint density at radius 3 is 2.56 bits per heavy atom. The summed E-state index contributed by atoms with van der Waals surface area (Å²) in [5, 5.41) is 0. The number of hydrogen-bond acceptors (Lipinski definition) is 4. The minimum absolute atomic E-state index is 0.0735. The molecule has 0 N–H and O–H groups in total. The maximum absolute atomic E-state index is 13.8. The number of fused-ring (bicyclic) bond motifs is 1. The van der Waals surface area contributed by atoms with Crippen molar-refractivity contribution in [3.05, 3.63) is 52.3 Å². The molecule has 132 valence electrons. The van der Waals surface area contributed by atoms with E-state index in [2.05, 4.69) is 20.9 Å². The molecule has 1 aromatic heterocycles. The molecule has 0 unspecified atom stereocenters. The van der Waals surface area contributed by atoms with E-state index in [-0.39, 0.29) is 17.3 Å². The predicted octanol–water partition coefficient (Wildman–Crippen LogP) is 4.38. The van der Waals surface area contributed by atoms with Gasteiger partial charge in [0.2, 0.25) is 10.0 Å². The number of aryl methyl sites for hydroxylation is 1. The molecule has 5 nitrogen and oxygen atoms in total. The van der Waals surface area contributed by atoms with Gasteiger partial charge in [0.25, 0.3) is 0 Å². The molecule has 0 fully saturated rings. The molecule has 0 aliphatic carbocycles. The lowest BCUT2D eigenvalue weighted by atomic mass is 10.3. The van der Waals surface area contributed by atoms with Crippen molar-refractivity contribution in [2.45, 2.75) is 13.8 Å². The fourth-order valence-corrected chi connectivity index (χ4v) is 3.97. The van der Waals surface area contributed by atoms with Crippen LogP contribution in [0.3, 0.4) is 0 Å². The first kappa shape index (κ1) is 17.8. The van der Waals surface area contributed by atoms with Crippen molar-refractivity contribution in [3.8, 4) is 11.5 Å². The van der Waals surface area contributed by atoms with E-state index >= 15 is 0 Å². The van der Waals surface area contributed by atoms with Crippen LogP contribution < -0.4 is 4.74 Å². The summed E-state index contributed by atoms with van der Waals surface area (Å²) in [6, 6.07) is 6.01. The number of ether oxygens (including phenoxy) is 1. The van der Waals surface area contributed by atoms with Crippen LogP contribution >= 0.6 is 15.9 Å². The molecule has 3 rings (SSSR count). The summed E-state index contributed by atoms with van der Waals surface area (Å²) in [5.41, 5.74) is 0.772. The molecule has 0 spiro atoms. The van der Waals surface area contributed by atoms with Crippen molar-refractivity contribution in [1.82, 2.24) is 8.96 Å². The lowest BCUT2D eigenvalue weighted by Gasteiger charge is -2.10. The van der Waals surface area contributed by atoms with Crippen LogP contribution in [0, 0.1) is 18.6 Å². The number of nitrogens with zero attached hydrogens (tertiary/aromatic N) is 2. The Morgan fingerprint density at radius 1 is 1.20 bits per heavy atom. The van der Waals surface area contributed by atoms with E-state index in [1.165, 1.54) is 12.1 Å². The third-order valence-electron chi connectivity index (χ3n) is 3.58. The average Bonchev–Trinajstić information content (AvgIpc) is 2.85. The molecule has 0 amide bonds. The summed E-state index contributed by atoms with van der Waals surface area (Å²) >= 11 is 3.29. The first-order valence-corrected chi connectivity index (χ1v) is 9.68. The first-order valence-electron chi connectivity index (χ1n) is 7.27. The van der Waals surface area contributed by atoms with E-state index in [0.29, 0.717) is 27.4 Å². The van der Waals surface area contributed by atoms with Gasteiger partial charge in [0.1, 0.15) is 17.4 Å². The van der Waals surface area contributed by atoms with Gasteiger partial charge in [-0.2, -0.15) is 0 Å². The van der Waals surface area contributed by atoms with Gasteiger partial charge in [-0.3, -0.25) is 0 Å². The number of halogens is 3. The van der Waals surface area contributed by atoms with E-state index in [0.717, 1.165) is 10.0 Å². The largest absolute Gasteiger partial charge is 0.453 e. The highest BCUT2D eigenvalue weighted by Crippen LogP contribution is 2.35. The van der Waals surface area contributed by atoms with Gasteiger partial charge in [0.15, 0.2) is 11.6 Å². The van der Waals surface area contributed by atoms with Crippen molar-refractivity contribution < 1.29 is 21.9 Å². The Morgan fingerprint density at radius 2 is 1.92 bits per heavy atom. The Bertz CT molecular complexity index is 1080. The monoisotopic (exact) mass is 430 g/mol. The summed E-state index contributed by atoms with van der Waals surface area (Å²) in [5.74, 6) is -1.24. The van der Waals surface area contributed by atoms with Gasteiger partial charge in [-0.05, 0) is 48.0 Å². The van der Waals surface area contributed by atoms with Crippen molar-refractivity contribution in [2.75, 3.05) is 5.75 Å². The molecule has 0 radical (unpaired) electrons. The number of hydrogen-bond donors (Lipinski definition) is 0. The van der Waals surface area contributed by atoms with E-state index in [1.54, 1.807) is 19.9 Å². The Hall–Kier alpha value is -2.00. The molecule has 0 atom stereocenters. The van der Waals surface area contributed by atoms with Gasteiger partial charge in [-0.15, -0.1) is 0 Å². The number of benzene rings is 2. The van der Waals surface area contributed by atoms with Crippen molar-refractivity contribution in [3.63, 3.8) is 0 Å². The standard InChI is InChI=1S/C16H13BrF2N2O3S/c1-3-25(22,23)21-9(2)20-13-8-16(11(17)7-14(13)21)24-15-5-4-10(18)6-12(15)19/h4-8H,3H2,1-2H3. The zero-order valence-corrected chi connectivity index (χ0v) is 15.7. The van der Waals surface area contributed by atoms with E-state index in [1.807, 2.05) is 0 Å². The summed E-state index contributed by atoms with van der Waals surface area (Å²) in [6.07, 6.45) is 0. The zero-order valence-electron chi connectivity index (χ0n) is 13.3. The molecule has 2 aromatic carbocycles. The summed E-state index contributed by atoms with van der Waals surface area (Å²) in [7, 11) is -3.52. The highest BCUT2D eigenvalue weighted by molar-refractivity contribution is 9.10. The quantitative estimate of drug-likeness (QED) is 0.616. The SMILES string of the molecule is CCS(=O)(=O)n1c(C)nc2cc(Oc3ccc(F)cc3F)c(Br)cc21. The van der Waals surface area contributed by atoms with Crippen molar-refractivity contribution >= 4 is 37.0 Å². The van der Waals surface area contributed by atoms with Crippen LogP contribution in [-0.4, -0.2) is 23.1 Å². The lowest BCUT2D eigenvalue weighted by Crippen LogP contribution is -2.16. The van der Waals surface area contributed by atoms with Gasteiger partial charge in [0, 0.05) is 12.1 Å². The van der Waals surface area contributed by atoms with Gasteiger partial charge in [-0.1, -0.05) is 0 Å². The summed E-state index contributed by atoms with van der Waals surface area (Å²) in [4.78, 5) is 4.24. The first-order chi connectivity index (χ1) is 11.7. The van der Waals surface area contributed by atoms with Crippen LogP contribution in [0.2, 0.25) is 0 Å². The number of aromatic nitrogens is 2. The minimum Gasteiger partial charge on any atom is -0.453 e. The third kappa shape index (κ3) is 3.25. The molecule has 1 heterocycles. The maximum Gasteiger partial charge on any atom is 0.240 e. The fraction of sp³-hybridized carbons (Fsp3) is 0.188. The summed E-state index contributed by atoms with van der Waals surface area (Å²) in [6.45, 7) is 3.13. The molecule has 3 aromatic rings. The van der Waals surface area contributed by atoms with E-state index < -0.39 is 21.7 Å². The molecule has 0 saturated heterocycles. The highest BCUT2D eigenvalue weighted by Gasteiger charge is 2.20. The number of imidazole rings is 1. The van der Waals surface area contributed by atoms with Crippen molar-refractivity contribution in [1.29, 1.82) is 0 Å². The highest BCUT2D eigenvalue weighted by atomic mass is 79.9. The van der Waals surface area contributed by atoms with Crippen molar-refractivity contribution in [2.24, 2.45) is 0 Å². The van der Waals surface area contributed by atoms with Crippen LogP contribution in [0.5, 0.6) is 11.5 Å². The smallest absolute Gasteiger partial charge is 0.240 e. The Kier molecular flexibility index (Phi) is 4.54. The molecule has 0 saturated carbocycles. The normalized spacial score (nSPS) is 11.9. The van der Waals surface area contributed by atoms with Crippen LogP contribution in [-0.2, 0) is 10.0 Å². The van der Waals surface area contributed by atoms with E-state index in [4.69, 9.17) is 4.74 Å². The van der Waals surface area contributed by atoms with Crippen LogP contribution in [0.25, 0.3) is 11.0 Å². The molecule has 0 aliphatic heterocycles. The molecular formula is C16H13BrF2N2O3S. The zero-order chi connectivity index (χ0) is 18.4. The maximum atomic E-state index is 13.8. The van der Waals surface area contributed by atoms with Crippen LogP contribution in [0.1, 0.15) is 12.7 Å². The average molecular weight is 431 g/mol.